The Balaban J connectivity index is 1.54. The fourth-order valence-corrected chi connectivity index (χ4v) is 4.21. The van der Waals surface area contributed by atoms with E-state index in [-0.39, 0.29) is 17.8 Å². The van der Waals surface area contributed by atoms with E-state index in [1.807, 2.05) is 36.9 Å². The highest BCUT2D eigenvalue weighted by atomic mass is 19.1. The van der Waals surface area contributed by atoms with Crippen LogP contribution in [0.25, 0.3) is 11.0 Å². The number of halogens is 1. The molecule has 0 radical (unpaired) electrons. The van der Waals surface area contributed by atoms with E-state index in [1.165, 1.54) is 6.07 Å². The molecule has 1 aromatic heterocycles. The van der Waals surface area contributed by atoms with Gasteiger partial charge in [-0.3, -0.25) is 4.79 Å². The summed E-state index contributed by atoms with van der Waals surface area (Å²) in [7, 11) is 1.61. The molecular weight excluding hydrogens is 357 g/mol. The summed E-state index contributed by atoms with van der Waals surface area (Å²) < 4.78 is 21.2. The molecule has 0 spiro atoms. The first-order chi connectivity index (χ1) is 13.5. The van der Waals surface area contributed by atoms with Crippen LogP contribution in [0.2, 0.25) is 0 Å². The Morgan fingerprint density at radius 3 is 2.64 bits per heavy atom. The van der Waals surface area contributed by atoms with Crippen LogP contribution in [-0.4, -0.2) is 40.6 Å². The van der Waals surface area contributed by atoms with Crippen molar-refractivity contribution in [3.8, 4) is 5.75 Å². The first kappa shape index (κ1) is 18.5. The molecule has 0 saturated carbocycles. The molecule has 0 atom stereocenters. The monoisotopic (exact) mass is 381 g/mol. The Morgan fingerprint density at radius 1 is 1.18 bits per heavy atom. The average Bonchev–Trinajstić information content (AvgIpc) is 3.02. The number of aromatic nitrogens is 2. The van der Waals surface area contributed by atoms with Crippen LogP contribution in [0, 0.1) is 19.7 Å². The van der Waals surface area contributed by atoms with Gasteiger partial charge in [-0.15, -0.1) is 0 Å². The lowest BCUT2D eigenvalue weighted by atomic mass is 10.0. The van der Waals surface area contributed by atoms with Crippen molar-refractivity contribution >= 4 is 16.9 Å². The van der Waals surface area contributed by atoms with E-state index in [4.69, 9.17) is 4.74 Å². The summed E-state index contributed by atoms with van der Waals surface area (Å²) in [6.07, 6.45) is 1.63. The molecule has 28 heavy (non-hydrogen) atoms. The number of carbonyl (C=O) groups is 1. The van der Waals surface area contributed by atoms with Crippen molar-refractivity contribution in [2.45, 2.75) is 32.7 Å². The van der Waals surface area contributed by atoms with E-state index in [2.05, 4.69) is 9.55 Å². The number of imidazole rings is 1. The summed E-state index contributed by atoms with van der Waals surface area (Å²) in [6, 6.07) is 10.5. The van der Waals surface area contributed by atoms with Crippen molar-refractivity contribution in [2.75, 3.05) is 20.2 Å². The first-order valence-electron chi connectivity index (χ1n) is 9.56. The molecule has 0 N–H and O–H groups in total. The zero-order valence-electron chi connectivity index (χ0n) is 16.4. The van der Waals surface area contributed by atoms with Gasteiger partial charge in [0, 0.05) is 30.3 Å². The van der Waals surface area contributed by atoms with Gasteiger partial charge in [-0.05, 0) is 57.0 Å². The van der Waals surface area contributed by atoms with Gasteiger partial charge >= 0.3 is 0 Å². The minimum Gasteiger partial charge on any atom is -0.496 e. The molecule has 0 bridgehead atoms. The van der Waals surface area contributed by atoms with Gasteiger partial charge in [-0.25, -0.2) is 9.37 Å². The van der Waals surface area contributed by atoms with Gasteiger partial charge in [0.1, 0.15) is 17.4 Å². The molecule has 1 amide bonds. The van der Waals surface area contributed by atoms with Gasteiger partial charge in [0.25, 0.3) is 5.91 Å². The summed E-state index contributed by atoms with van der Waals surface area (Å²) in [5.41, 5.74) is 3.18. The van der Waals surface area contributed by atoms with Crippen LogP contribution in [0.15, 0.2) is 36.4 Å². The third-order valence-corrected chi connectivity index (χ3v) is 5.68. The van der Waals surface area contributed by atoms with E-state index in [0.717, 1.165) is 41.0 Å². The zero-order valence-corrected chi connectivity index (χ0v) is 16.4. The van der Waals surface area contributed by atoms with E-state index in [0.29, 0.717) is 18.7 Å². The number of hydrogen-bond donors (Lipinski definition) is 0. The summed E-state index contributed by atoms with van der Waals surface area (Å²) >= 11 is 0. The number of nitrogens with zero attached hydrogens (tertiary/aromatic N) is 3. The molecule has 0 aliphatic carbocycles. The third kappa shape index (κ3) is 3.13. The molecule has 1 fully saturated rings. The summed E-state index contributed by atoms with van der Waals surface area (Å²) in [5.74, 6) is 1.39. The number of likely N-dealkylation sites (tertiary alicyclic amines) is 1. The number of fused-ring (bicyclic) bond motifs is 1. The SMILES string of the molecule is COc1cccc(C(=O)N2CCC(n3c(C)nc4ccc(F)cc43)CC2)c1C. The molecule has 1 aliphatic heterocycles. The quantitative estimate of drug-likeness (QED) is 0.680. The zero-order chi connectivity index (χ0) is 19.8. The molecule has 4 rings (SSSR count). The number of piperidine rings is 1. The second-order valence-electron chi connectivity index (χ2n) is 7.32. The van der Waals surface area contributed by atoms with Crippen LogP contribution in [-0.2, 0) is 0 Å². The summed E-state index contributed by atoms with van der Waals surface area (Å²) in [5, 5.41) is 0. The van der Waals surface area contributed by atoms with Crippen molar-refractivity contribution in [3.63, 3.8) is 0 Å². The lowest BCUT2D eigenvalue weighted by Gasteiger charge is -2.34. The number of benzene rings is 2. The minimum absolute atomic E-state index is 0.0353. The molecule has 6 heteroatoms. The molecule has 146 valence electrons. The molecule has 1 aliphatic rings. The highest BCUT2D eigenvalue weighted by molar-refractivity contribution is 5.96. The Bertz CT molecular complexity index is 1040. The smallest absolute Gasteiger partial charge is 0.254 e. The number of carbonyl (C=O) groups excluding carboxylic acids is 1. The maximum absolute atomic E-state index is 13.7. The summed E-state index contributed by atoms with van der Waals surface area (Å²) in [4.78, 5) is 19.5. The van der Waals surface area contributed by atoms with Crippen molar-refractivity contribution in [3.05, 3.63) is 59.2 Å². The molecule has 2 heterocycles. The van der Waals surface area contributed by atoms with Crippen molar-refractivity contribution in [1.82, 2.24) is 14.5 Å². The number of aryl methyl sites for hydroxylation is 1. The Labute approximate surface area is 163 Å². The first-order valence-corrected chi connectivity index (χ1v) is 9.56. The van der Waals surface area contributed by atoms with E-state index in [9.17, 15) is 9.18 Å². The topological polar surface area (TPSA) is 47.4 Å². The van der Waals surface area contributed by atoms with E-state index < -0.39 is 0 Å². The lowest BCUT2D eigenvalue weighted by Crippen LogP contribution is -2.39. The van der Waals surface area contributed by atoms with Crippen molar-refractivity contribution in [2.24, 2.45) is 0 Å². The molecule has 3 aromatic rings. The predicted molar refractivity (Wildman–Crippen MR) is 106 cm³/mol. The standard InChI is InChI=1S/C22H24FN3O2/c1-14-18(5-4-6-21(14)28-3)22(27)25-11-9-17(10-12-25)26-15(2)24-19-8-7-16(23)13-20(19)26/h4-8,13,17H,9-12H2,1-3H3. The molecular formula is C22H24FN3O2. The van der Waals surface area contributed by atoms with Crippen LogP contribution in [0.5, 0.6) is 5.75 Å². The molecule has 0 unspecified atom stereocenters. The Hall–Kier alpha value is -2.89. The largest absolute Gasteiger partial charge is 0.496 e. The molecule has 5 nitrogen and oxygen atoms in total. The third-order valence-electron chi connectivity index (χ3n) is 5.68. The molecule has 2 aromatic carbocycles. The maximum atomic E-state index is 13.7. The Morgan fingerprint density at radius 2 is 1.93 bits per heavy atom. The van der Waals surface area contributed by atoms with Crippen LogP contribution < -0.4 is 4.74 Å². The maximum Gasteiger partial charge on any atom is 0.254 e. The predicted octanol–water partition coefficient (Wildman–Crippen LogP) is 4.28. The number of ether oxygens (including phenoxy) is 1. The summed E-state index contributed by atoms with van der Waals surface area (Å²) in [6.45, 7) is 5.19. The van der Waals surface area contributed by atoms with Crippen LogP contribution in [0.3, 0.4) is 0 Å². The minimum atomic E-state index is -0.255. The fraction of sp³-hybridized carbons (Fsp3) is 0.364. The number of amides is 1. The Kier molecular flexibility index (Phi) is 4.79. The van der Waals surface area contributed by atoms with Crippen molar-refractivity contribution < 1.29 is 13.9 Å². The van der Waals surface area contributed by atoms with E-state index in [1.54, 1.807) is 19.2 Å². The van der Waals surface area contributed by atoms with Gasteiger partial charge in [0.15, 0.2) is 0 Å². The number of rotatable bonds is 3. The number of hydrogen-bond acceptors (Lipinski definition) is 3. The van der Waals surface area contributed by atoms with Gasteiger partial charge in [0.2, 0.25) is 0 Å². The number of methoxy groups -OCH3 is 1. The second-order valence-corrected chi connectivity index (χ2v) is 7.32. The van der Waals surface area contributed by atoms with Gasteiger partial charge in [0.05, 0.1) is 18.1 Å². The second kappa shape index (κ2) is 7.26. The van der Waals surface area contributed by atoms with Crippen LogP contribution >= 0.6 is 0 Å². The van der Waals surface area contributed by atoms with Crippen LogP contribution in [0.1, 0.15) is 40.6 Å². The van der Waals surface area contributed by atoms with Crippen molar-refractivity contribution in [1.29, 1.82) is 0 Å². The normalized spacial score (nSPS) is 15.2. The average molecular weight is 381 g/mol. The van der Waals surface area contributed by atoms with Gasteiger partial charge < -0.3 is 14.2 Å². The molecule has 1 saturated heterocycles. The van der Waals surface area contributed by atoms with E-state index >= 15 is 0 Å². The highest BCUT2D eigenvalue weighted by Crippen LogP contribution is 2.30. The van der Waals surface area contributed by atoms with Crippen LogP contribution in [0.4, 0.5) is 4.39 Å². The lowest BCUT2D eigenvalue weighted by molar-refractivity contribution is 0.0694. The van der Waals surface area contributed by atoms with Gasteiger partial charge in [-0.1, -0.05) is 6.07 Å². The van der Waals surface area contributed by atoms with Gasteiger partial charge in [-0.2, -0.15) is 0 Å². The fourth-order valence-electron chi connectivity index (χ4n) is 4.21. The highest BCUT2D eigenvalue weighted by Gasteiger charge is 2.27.